The number of rotatable bonds is 13. The monoisotopic (exact) mass is 481 g/mol. The first-order valence-electron chi connectivity index (χ1n) is 9.88. The second-order valence-corrected chi connectivity index (χ2v) is 9.07. The first-order chi connectivity index (χ1) is 14.9. The van der Waals surface area contributed by atoms with E-state index in [9.17, 15) is 34.6 Å². The predicted octanol–water partition coefficient (Wildman–Crippen LogP) is 1.88. The van der Waals surface area contributed by atoms with Crippen molar-refractivity contribution in [2.24, 2.45) is 5.41 Å². The molecule has 2 atom stereocenters. The number of hydrogen-bond acceptors (Lipinski definition) is 11. The first kappa shape index (κ1) is 29.6. The molecule has 0 aliphatic carbocycles. The van der Waals surface area contributed by atoms with E-state index >= 15 is 0 Å². The number of amides is 1. The van der Waals surface area contributed by atoms with Gasteiger partial charge in [-0.2, -0.15) is 0 Å². The van der Waals surface area contributed by atoms with Crippen molar-refractivity contribution in [3.8, 4) is 0 Å². The highest BCUT2D eigenvalue weighted by atomic mass is 17.0. The summed E-state index contributed by atoms with van der Waals surface area (Å²) in [5, 5.41) is 30.1. The summed E-state index contributed by atoms with van der Waals surface area (Å²) >= 11 is 0. The molecule has 2 N–H and O–H groups in total. The van der Waals surface area contributed by atoms with Crippen LogP contribution in [0.3, 0.4) is 0 Å². The zero-order chi connectivity index (χ0) is 26.0. The minimum absolute atomic E-state index is 0.344. The fourth-order valence-corrected chi connectivity index (χ4v) is 2.69. The summed E-state index contributed by atoms with van der Waals surface area (Å²) in [6, 6.07) is 0. The van der Waals surface area contributed by atoms with Crippen LogP contribution in [0.1, 0.15) is 60.8 Å². The second-order valence-electron chi connectivity index (χ2n) is 9.07. The molecule has 0 aliphatic rings. The molecule has 33 heavy (non-hydrogen) atoms. The number of esters is 1. The number of aliphatic carboxylic acids is 1. The molecule has 0 bridgehead atoms. The van der Waals surface area contributed by atoms with Gasteiger partial charge in [0.05, 0.1) is 6.61 Å². The molecule has 0 unspecified atom stereocenters. The van der Waals surface area contributed by atoms with Gasteiger partial charge < -0.3 is 29.6 Å². The third kappa shape index (κ3) is 11.2. The van der Waals surface area contributed by atoms with Gasteiger partial charge in [-0.05, 0) is 32.6 Å². The lowest BCUT2D eigenvalue weighted by Crippen LogP contribution is -2.63. The molecule has 190 valence electrons. The highest BCUT2D eigenvalue weighted by Crippen LogP contribution is 2.36. The Morgan fingerprint density at radius 3 is 2.03 bits per heavy atom. The van der Waals surface area contributed by atoms with Crippen LogP contribution in [0, 0.1) is 25.6 Å². The maximum atomic E-state index is 13.1. The van der Waals surface area contributed by atoms with E-state index in [1.807, 2.05) is 0 Å². The minimum atomic E-state index is -1.84. The third-order valence-electron chi connectivity index (χ3n) is 4.33. The zero-order valence-corrected chi connectivity index (χ0v) is 19.4. The van der Waals surface area contributed by atoms with Gasteiger partial charge in [0.15, 0.2) is 0 Å². The molecule has 0 aliphatic heterocycles. The Bertz CT molecular complexity index is 728. The summed E-state index contributed by atoms with van der Waals surface area (Å²) in [4.78, 5) is 66.0. The maximum Gasteiger partial charge on any atom is 0.408 e. The lowest BCUT2D eigenvalue weighted by atomic mass is 9.70. The summed E-state index contributed by atoms with van der Waals surface area (Å²) in [5.41, 5.74) is -3.80. The highest BCUT2D eigenvalue weighted by molar-refractivity contribution is 5.87. The standard InChI is InChI=1S/C18H31N3O12/c1-16(2,3)18(9-7-13(22)23,19-15(25)32-17(4,5)6)14(24)30-10-8-12(33-21(28)29)11-31-20(26)27/h12H,7-11H2,1-6H3,(H,19,25)(H,22,23)/t12-,18+/m0/s1. The van der Waals surface area contributed by atoms with Crippen LogP contribution in [-0.2, 0) is 28.7 Å². The quantitative estimate of drug-likeness (QED) is 0.219. The van der Waals surface area contributed by atoms with E-state index in [1.165, 1.54) is 0 Å². The zero-order valence-electron chi connectivity index (χ0n) is 19.4. The van der Waals surface area contributed by atoms with Gasteiger partial charge in [0.25, 0.3) is 10.2 Å². The Labute approximate surface area is 189 Å². The molecule has 15 nitrogen and oxygen atoms in total. The number of nitrogens with one attached hydrogen (secondary N) is 1. The number of carboxylic acid groups (broad SMARTS) is 1. The first-order valence-corrected chi connectivity index (χ1v) is 9.88. The molecular formula is C18H31N3O12. The van der Waals surface area contributed by atoms with Gasteiger partial charge in [-0.25, -0.2) is 9.59 Å². The average molecular weight is 481 g/mol. The third-order valence-corrected chi connectivity index (χ3v) is 4.33. The van der Waals surface area contributed by atoms with Crippen LogP contribution in [0.25, 0.3) is 0 Å². The Balaban J connectivity index is 5.64. The van der Waals surface area contributed by atoms with Crippen LogP contribution < -0.4 is 5.32 Å². The van der Waals surface area contributed by atoms with Crippen molar-refractivity contribution < 1.29 is 48.8 Å². The van der Waals surface area contributed by atoms with Crippen LogP contribution >= 0.6 is 0 Å². The van der Waals surface area contributed by atoms with Crippen molar-refractivity contribution in [2.75, 3.05) is 13.2 Å². The van der Waals surface area contributed by atoms with E-state index in [0.717, 1.165) is 0 Å². The molecular weight excluding hydrogens is 450 g/mol. The summed E-state index contributed by atoms with van der Waals surface area (Å²) in [5.74, 6) is -2.24. The van der Waals surface area contributed by atoms with Crippen LogP contribution in [-0.4, -0.2) is 63.8 Å². The van der Waals surface area contributed by atoms with Crippen LogP contribution in [0.4, 0.5) is 4.79 Å². The Kier molecular flexibility index (Phi) is 10.8. The number of nitrogens with zero attached hydrogens (tertiary/aromatic N) is 2. The molecule has 0 radical (unpaired) electrons. The number of alkyl carbamates (subject to hydrolysis) is 1. The van der Waals surface area contributed by atoms with E-state index < -0.39 is 70.5 Å². The summed E-state index contributed by atoms with van der Waals surface area (Å²) in [6.45, 7) is 8.26. The van der Waals surface area contributed by atoms with Crippen LogP contribution in [0.5, 0.6) is 0 Å². The Morgan fingerprint density at radius 1 is 1.03 bits per heavy atom. The molecule has 0 rings (SSSR count). The molecule has 0 aromatic rings. The minimum Gasteiger partial charge on any atom is -0.481 e. The van der Waals surface area contributed by atoms with Gasteiger partial charge in [0.2, 0.25) is 0 Å². The van der Waals surface area contributed by atoms with Crippen molar-refractivity contribution in [1.29, 1.82) is 0 Å². The van der Waals surface area contributed by atoms with Crippen molar-refractivity contribution in [3.05, 3.63) is 20.2 Å². The van der Waals surface area contributed by atoms with Gasteiger partial charge in [-0.1, -0.05) is 20.8 Å². The highest BCUT2D eigenvalue weighted by Gasteiger charge is 2.52. The second kappa shape index (κ2) is 12.0. The Hall–Kier alpha value is -3.39. The van der Waals surface area contributed by atoms with Gasteiger partial charge in [-0.15, -0.1) is 20.2 Å². The molecule has 15 heteroatoms. The molecule has 0 saturated carbocycles. The van der Waals surface area contributed by atoms with Gasteiger partial charge in [-0.3, -0.25) is 4.79 Å². The van der Waals surface area contributed by atoms with Crippen molar-refractivity contribution in [3.63, 3.8) is 0 Å². The van der Waals surface area contributed by atoms with Crippen LogP contribution in [0.15, 0.2) is 0 Å². The number of ether oxygens (including phenoxy) is 2. The number of carboxylic acids is 1. The molecule has 0 fully saturated rings. The Morgan fingerprint density at radius 2 is 1.61 bits per heavy atom. The van der Waals surface area contributed by atoms with E-state index in [4.69, 9.17) is 14.6 Å². The van der Waals surface area contributed by atoms with Gasteiger partial charge in [0, 0.05) is 12.8 Å². The number of carbonyl (C=O) groups excluding carboxylic acids is 2. The smallest absolute Gasteiger partial charge is 0.408 e. The molecule has 0 aromatic heterocycles. The maximum absolute atomic E-state index is 13.1. The molecule has 0 aromatic carbocycles. The number of carbonyl (C=O) groups is 3. The van der Waals surface area contributed by atoms with Gasteiger partial charge >= 0.3 is 18.0 Å². The van der Waals surface area contributed by atoms with Crippen molar-refractivity contribution in [2.45, 2.75) is 78.0 Å². The topological polar surface area (TPSA) is 207 Å². The van der Waals surface area contributed by atoms with E-state index in [2.05, 4.69) is 15.0 Å². The molecule has 0 saturated heterocycles. The summed E-state index contributed by atoms with van der Waals surface area (Å²) in [6.07, 6.45) is -3.59. The average Bonchev–Trinajstić information content (AvgIpc) is 2.59. The summed E-state index contributed by atoms with van der Waals surface area (Å²) < 4.78 is 10.4. The fraction of sp³-hybridized carbons (Fsp3) is 0.833. The number of hydrogen-bond donors (Lipinski definition) is 2. The molecule has 0 heterocycles. The fourth-order valence-electron chi connectivity index (χ4n) is 2.69. The van der Waals surface area contributed by atoms with E-state index in [1.54, 1.807) is 41.5 Å². The predicted molar refractivity (Wildman–Crippen MR) is 109 cm³/mol. The normalized spacial score (nSPS) is 14.2. The van der Waals surface area contributed by atoms with E-state index in [-0.39, 0.29) is 12.8 Å². The molecule has 0 spiro atoms. The van der Waals surface area contributed by atoms with Crippen molar-refractivity contribution >= 4 is 18.0 Å². The van der Waals surface area contributed by atoms with Crippen molar-refractivity contribution in [1.82, 2.24) is 5.32 Å². The van der Waals surface area contributed by atoms with Crippen LogP contribution in [0.2, 0.25) is 0 Å². The largest absolute Gasteiger partial charge is 0.481 e. The lowest BCUT2D eigenvalue weighted by molar-refractivity contribution is -0.790. The lowest BCUT2D eigenvalue weighted by Gasteiger charge is -2.43. The SMILES string of the molecule is CC(C)(C)OC(=O)N[C@](CCC(=O)O)(C(=O)OCC[C@@H](CO[N+](=O)[O-])O[N+](=O)[O-])C(C)(C)C. The van der Waals surface area contributed by atoms with Gasteiger partial charge in [0.1, 0.15) is 23.9 Å². The summed E-state index contributed by atoms with van der Waals surface area (Å²) in [7, 11) is 0. The van der Waals surface area contributed by atoms with E-state index in [0.29, 0.717) is 0 Å². The molecule has 1 amide bonds.